The van der Waals surface area contributed by atoms with Gasteiger partial charge in [-0.1, -0.05) is 184 Å². The third kappa shape index (κ3) is 54.7. The molecular weight excluding hydrogens is 1030 g/mol. The first kappa shape index (κ1) is 74.0. The van der Waals surface area contributed by atoms with E-state index in [1.54, 1.807) is 0 Å². The van der Waals surface area contributed by atoms with Crippen LogP contribution in [-0.4, -0.2) is 95.9 Å². The van der Waals surface area contributed by atoms with Crippen LogP contribution in [0.15, 0.2) is 72.9 Å². The van der Waals surface area contributed by atoms with Gasteiger partial charge in [0.05, 0.1) is 26.4 Å². The van der Waals surface area contributed by atoms with Gasteiger partial charge in [0.2, 0.25) is 0 Å². The third-order valence-electron chi connectivity index (χ3n) is 11.9. The Morgan fingerprint density at radius 2 is 0.714 bits per heavy atom. The molecule has 4 N–H and O–H groups in total. The lowest BCUT2D eigenvalue weighted by molar-refractivity contribution is -0.161. The highest BCUT2D eigenvalue weighted by molar-refractivity contribution is 7.47. The number of ether oxygens (including phenoxy) is 3. The standard InChI is InChI=1S/C59H104O16P2/c1-4-7-10-13-16-19-22-24-25-26-27-29-32-33-36-39-42-45-57(62)69-48-54(60)49-71-76(65,66)72-50-55(61)51-73-77(67,68)74-53-56(75-59(64)47-44-41-38-35-30-21-18-15-12-9-6-3)52-70-58(63)46-43-40-37-34-31-28-23-20-17-14-11-8-5-2/h7,10-11,14-16,18-20,23-25,54-56,60-61H,4-6,8-9,12-13,17,21-22,26-53H2,1-3H3,(H,65,66)(H,67,68)/b10-7-,14-11-,18-15-,19-16-,23-20-,25-24-. The summed E-state index contributed by atoms with van der Waals surface area (Å²) >= 11 is 0. The maximum Gasteiger partial charge on any atom is 0.472 e. The Bertz CT molecular complexity index is 1710. The number of aliphatic hydroxyl groups is 2. The SMILES string of the molecule is CC/C=C\C/C=C\C/C=C\CCCCCCCCCC(=O)OCC(O)COP(=O)(O)OCC(O)COP(=O)(O)OCC(COC(=O)CCCCCCC/C=C\C/C=C\CCC)OC(=O)CCCCCCC/C=C\CCCC. The number of allylic oxidation sites excluding steroid dienone is 12. The molecule has 0 aromatic heterocycles. The van der Waals surface area contributed by atoms with Crippen molar-refractivity contribution in [3.05, 3.63) is 72.9 Å². The topological polar surface area (TPSA) is 231 Å². The summed E-state index contributed by atoms with van der Waals surface area (Å²) in [7, 11) is -9.76. The lowest BCUT2D eigenvalue weighted by Gasteiger charge is -2.21. The summed E-state index contributed by atoms with van der Waals surface area (Å²) in [4.78, 5) is 57.9. The quantitative estimate of drug-likeness (QED) is 0.0146. The van der Waals surface area contributed by atoms with Gasteiger partial charge in [-0.05, 0) is 96.3 Å². The summed E-state index contributed by atoms with van der Waals surface area (Å²) in [6, 6.07) is 0. The maximum atomic E-state index is 12.8. The monoisotopic (exact) mass is 1130 g/mol. The number of carbonyl (C=O) groups is 3. The van der Waals surface area contributed by atoms with Gasteiger partial charge in [-0.3, -0.25) is 32.5 Å². The Morgan fingerprint density at radius 1 is 0.377 bits per heavy atom. The molecule has 0 spiro atoms. The predicted molar refractivity (Wildman–Crippen MR) is 307 cm³/mol. The van der Waals surface area contributed by atoms with E-state index in [0.29, 0.717) is 19.3 Å². The van der Waals surface area contributed by atoms with Crippen molar-refractivity contribution in [3.8, 4) is 0 Å². The molecule has 0 aromatic rings. The van der Waals surface area contributed by atoms with Crippen LogP contribution in [0, 0.1) is 0 Å². The summed E-state index contributed by atoms with van der Waals surface area (Å²) in [5.41, 5.74) is 0. The number of carbonyl (C=O) groups excluding carboxylic acids is 3. The summed E-state index contributed by atoms with van der Waals surface area (Å²) in [5.74, 6) is -1.61. The number of unbranched alkanes of at least 4 members (excludes halogenated alkanes) is 20. The molecule has 0 saturated heterocycles. The van der Waals surface area contributed by atoms with Crippen molar-refractivity contribution in [2.75, 3.05) is 39.6 Å². The molecule has 0 radical (unpaired) electrons. The Labute approximate surface area is 464 Å². The molecule has 0 aromatic carbocycles. The zero-order valence-electron chi connectivity index (χ0n) is 47.6. The van der Waals surface area contributed by atoms with E-state index in [2.05, 4.69) is 93.7 Å². The minimum atomic E-state index is -4.91. The largest absolute Gasteiger partial charge is 0.472 e. The maximum absolute atomic E-state index is 12.8. The van der Waals surface area contributed by atoms with E-state index in [9.17, 15) is 43.5 Å². The van der Waals surface area contributed by atoms with Gasteiger partial charge in [0.1, 0.15) is 25.4 Å². The first-order valence-corrected chi connectivity index (χ1v) is 32.2. The molecule has 0 rings (SSSR count). The minimum absolute atomic E-state index is 0.0915. The number of aliphatic hydroxyl groups excluding tert-OH is 2. The fourth-order valence-electron chi connectivity index (χ4n) is 7.37. The lowest BCUT2D eigenvalue weighted by atomic mass is 10.1. The van der Waals surface area contributed by atoms with Crippen molar-refractivity contribution >= 4 is 33.6 Å². The number of esters is 3. The first-order chi connectivity index (χ1) is 37.2. The van der Waals surface area contributed by atoms with Gasteiger partial charge < -0.3 is 34.2 Å². The van der Waals surface area contributed by atoms with E-state index in [1.807, 2.05) is 0 Å². The number of hydrogen-bond donors (Lipinski definition) is 4. The normalized spacial score (nSPS) is 15.1. The summed E-state index contributed by atoms with van der Waals surface area (Å²) in [6.07, 6.45) is 51.3. The second-order valence-corrected chi connectivity index (χ2v) is 22.3. The second kappa shape index (κ2) is 53.6. The molecule has 0 aliphatic heterocycles. The molecule has 0 fully saturated rings. The Balaban J connectivity index is 4.64. The molecule has 18 heteroatoms. The van der Waals surface area contributed by atoms with E-state index >= 15 is 0 Å². The summed E-state index contributed by atoms with van der Waals surface area (Å²) in [5, 5.41) is 20.4. The van der Waals surface area contributed by atoms with Crippen LogP contribution in [0.1, 0.15) is 226 Å². The van der Waals surface area contributed by atoms with Crippen molar-refractivity contribution in [2.24, 2.45) is 0 Å². The molecule has 0 bridgehead atoms. The molecule has 0 aliphatic carbocycles. The highest BCUT2D eigenvalue weighted by Crippen LogP contribution is 2.45. The zero-order chi connectivity index (χ0) is 56.8. The van der Waals surface area contributed by atoms with Crippen molar-refractivity contribution in [3.63, 3.8) is 0 Å². The lowest BCUT2D eigenvalue weighted by Crippen LogP contribution is -2.30. The van der Waals surface area contributed by atoms with Crippen LogP contribution < -0.4 is 0 Å². The average Bonchev–Trinajstić information content (AvgIpc) is 3.40. The van der Waals surface area contributed by atoms with Crippen molar-refractivity contribution in [1.29, 1.82) is 0 Å². The molecular formula is C59H104O16P2. The van der Waals surface area contributed by atoms with Crippen LogP contribution in [0.4, 0.5) is 0 Å². The molecule has 0 saturated carbocycles. The van der Waals surface area contributed by atoms with Gasteiger partial charge in [0, 0.05) is 19.3 Å². The molecule has 5 unspecified atom stereocenters. The molecule has 77 heavy (non-hydrogen) atoms. The summed E-state index contributed by atoms with van der Waals surface area (Å²) in [6.45, 7) is 2.38. The van der Waals surface area contributed by atoms with Gasteiger partial charge >= 0.3 is 33.6 Å². The molecule has 5 atom stereocenters. The van der Waals surface area contributed by atoms with Crippen LogP contribution in [0.25, 0.3) is 0 Å². The number of phosphoric acid groups is 2. The molecule has 0 heterocycles. The van der Waals surface area contributed by atoms with Crippen molar-refractivity contribution < 1.29 is 75.8 Å². The van der Waals surface area contributed by atoms with Crippen LogP contribution >= 0.6 is 15.6 Å². The first-order valence-electron chi connectivity index (χ1n) is 29.2. The third-order valence-corrected chi connectivity index (χ3v) is 13.8. The van der Waals surface area contributed by atoms with Gasteiger partial charge in [0.15, 0.2) is 6.10 Å². The van der Waals surface area contributed by atoms with E-state index in [4.69, 9.17) is 32.3 Å². The van der Waals surface area contributed by atoms with Crippen LogP contribution in [0.2, 0.25) is 0 Å². The second-order valence-electron chi connectivity index (χ2n) is 19.4. The van der Waals surface area contributed by atoms with Gasteiger partial charge in [-0.2, -0.15) is 0 Å². The van der Waals surface area contributed by atoms with E-state index in [0.717, 1.165) is 154 Å². The predicted octanol–water partition coefficient (Wildman–Crippen LogP) is 14.9. The smallest absolute Gasteiger partial charge is 0.463 e. The fourth-order valence-corrected chi connectivity index (χ4v) is 8.95. The summed E-state index contributed by atoms with van der Waals surface area (Å²) < 4.78 is 60.5. The van der Waals surface area contributed by atoms with Crippen LogP contribution in [-0.2, 0) is 55.8 Å². The van der Waals surface area contributed by atoms with Crippen LogP contribution in [0.3, 0.4) is 0 Å². The molecule has 0 aliphatic rings. The Morgan fingerprint density at radius 3 is 1.16 bits per heavy atom. The molecule has 16 nitrogen and oxygen atoms in total. The van der Waals surface area contributed by atoms with Crippen LogP contribution in [0.5, 0.6) is 0 Å². The number of phosphoric ester groups is 2. The fraction of sp³-hybridized carbons (Fsp3) is 0.746. The Kier molecular flexibility index (Phi) is 51.5. The van der Waals surface area contributed by atoms with Gasteiger partial charge in [0.25, 0.3) is 0 Å². The minimum Gasteiger partial charge on any atom is -0.463 e. The highest BCUT2D eigenvalue weighted by Gasteiger charge is 2.29. The molecule has 0 amide bonds. The zero-order valence-corrected chi connectivity index (χ0v) is 49.4. The van der Waals surface area contributed by atoms with Gasteiger partial charge in [-0.25, -0.2) is 9.13 Å². The van der Waals surface area contributed by atoms with Gasteiger partial charge in [-0.15, -0.1) is 0 Å². The number of rotatable bonds is 55. The Hall–Kier alpha value is -3.01. The van der Waals surface area contributed by atoms with Crippen molar-refractivity contribution in [1.82, 2.24) is 0 Å². The van der Waals surface area contributed by atoms with E-state index < -0.39 is 91.5 Å². The average molecular weight is 1130 g/mol. The molecule has 446 valence electrons. The van der Waals surface area contributed by atoms with E-state index in [-0.39, 0.29) is 19.3 Å². The van der Waals surface area contributed by atoms with E-state index in [1.165, 1.54) is 12.8 Å². The highest BCUT2D eigenvalue weighted by atomic mass is 31.2. The number of hydrogen-bond acceptors (Lipinski definition) is 14. The van der Waals surface area contributed by atoms with Crippen molar-refractivity contribution in [2.45, 2.75) is 245 Å².